The van der Waals surface area contributed by atoms with E-state index < -0.39 is 0 Å². The smallest absolute Gasteiger partial charge is 0.0700 e. The molecule has 0 aliphatic carbocycles. The third-order valence-electron chi connectivity index (χ3n) is 3.32. The van der Waals surface area contributed by atoms with E-state index in [4.69, 9.17) is 14.2 Å². The van der Waals surface area contributed by atoms with E-state index in [0.29, 0.717) is 18.6 Å². The normalized spacial score (nSPS) is 24.4. The van der Waals surface area contributed by atoms with Gasteiger partial charge in [0.05, 0.1) is 19.8 Å². The Morgan fingerprint density at radius 2 is 2.18 bits per heavy atom. The van der Waals surface area contributed by atoms with Crippen molar-refractivity contribution in [3.05, 3.63) is 0 Å². The van der Waals surface area contributed by atoms with E-state index in [2.05, 4.69) is 12.2 Å². The summed E-state index contributed by atoms with van der Waals surface area (Å²) < 4.78 is 16.1. The molecule has 1 aliphatic heterocycles. The van der Waals surface area contributed by atoms with Crippen LogP contribution in [0, 0.1) is 5.41 Å². The zero-order valence-corrected chi connectivity index (χ0v) is 11.3. The molecule has 1 rings (SSSR count). The molecule has 4 heteroatoms. The van der Waals surface area contributed by atoms with Gasteiger partial charge in [-0.2, -0.15) is 0 Å². The molecule has 0 amide bonds. The molecule has 102 valence electrons. The molecule has 4 nitrogen and oxygen atoms in total. The molecule has 1 fully saturated rings. The summed E-state index contributed by atoms with van der Waals surface area (Å²) in [6.45, 7) is 8.27. The predicted molar refractivity (Wildman–Crippen MR) is 68.3 cm³/mol. The molecule has 17 heavy (non-hydrogen) atoms. The maximum atomic E-state index is 5.56. The van der Waals surface area contributed by atoms with E-state index in [1.165, 1.54) is 6.42 Å². The van der Waals surface area contributed by atoms with E-state index in [1.54, 1.807) is 7.11 Å². The maximum absolute atomic E-state index is 5.56. The molecule has 1 atom stereocenters. The molecular formula is C13H27NO3. The van der Waals surface area contributed by atoms with Crippen molar-refractivity contribution < 1.29 is 14.2 Å². The van der Waals surface area contributed by atoms with Gasteiger partial charge in [0.15, 0.2) is 0 Å². The number of ether oxygens (including phenoxy) is 3. The fraction of sp³-hybridized carbons (Fsp3) is 1.00. The highest BCUT2D eigenvalue weighted by Crippen LogP contribution is 2.31. The molecule has 1 heterocycles. The molecule has 0 aromatic rings. The van der Waals surface area contributed by atoms with Gasteiger partial charge in [-0.1, -0.05) is 6.92 Å². The molecular weight excluding hydrogens is 218 g/mol. The fourth-order valence-corrected chi connectivity index (χ4v) is 2.14. The SMILES string of the molecule is CCCNCC1(CCOCCOC)CCOC1. The number of hydrogen-bond donors (Lipinski definition) is 1. The van der Waals surface area contributed by atoms with Gasteiger partial charge in [0.2, 0.25) is 0 Å². The Morgan fingerprint density at radius 3 is 2.82 bits per heavy atom. The van der Waals surface area contributed by atoms with E-state index in [1.807, 2.05) is 0 Å². The lowest BCUT2D eigenvalue weighted by Gasteiger charge is -2.27. The van der Waals surface area contributed by atoms with Gasteiger partial charge in [-0.15, -0.1) is 0 Å². The van der Waals surface area contributed by atoms with Crippen molar-refractivity contribution in [1.82, 2.24) is 5.32 Å². The van der Waals surface area contributed by atoms with E-state index in [0.717, 1.165) is 45.8 Å². The molecule has 0 saturated carbocycles. The van der Waals surface area contributed by atoms with Crippen LogP contribution in [-0.4, -0.2) is 53.2 Å². The van der Waals surface area contributed by atoms with Crippen LogP contribution in [0.2, 0.25) is 0 Å². The van der Waals surface area contributed by atoms with Gasteiger partial charge in [0, 0.05) is 32.3 Å². The lowest BCUT2D eigenvalue weighted by Crippen LogP contribution is -2.36. The molecule has 0 bridgehead atoms. The molecule has 1 unspecified atom stereocenters. The lowest BCUT2D eigenvalue weighted by molar-refractivity contribution is 0.0468. The second kappa shape index (κ2) is 8.86. The first-order valence-electron chi connectivity index (χ1n) is 6.68. The molecule has 0 radical (unpaired) electrons. The average molecular weight is 245 g/mol. The van der Waals surface area contributed by atoms with Gasteiger partial charge < -0.3 is 19.5 Å². The van der Waals surface area contributed by atoms with Crippen LogP contribution in [0.4, 0.5) is 0 Å². The Balaban J connectivity index is 2.17. The summed E-state index contributed by atoms with van der Waals surface area (Å²) in [7, 11) is 1.70. The van der Waals surface area contributed by atoms with Crippen molar-refractivity contribution in [2.75, 3.05) is 53.2 Å². The zero-order valence-electron chi connectivity index (χ0n) is 11.3. The number of methoxy groups -OCH3 is 1. The minimum Gasteiger partial charge on any atom is -0.382 e. The third-order valence-corrected chi connectivity index (χ3v) is 3.32. The van der Waals surface area contributed by atoms with Crippen LogP contribution in [0.25, 0.3) is 0 Å². The Morgan fingerprint density at radius 1 is 1.29 bits per heavy atom. The van der Waals surface area contributed by atoms with Gasteiger partial charge in [-0.3, -0.25) is 0 Å². The highest BCUT2D eigenvalue weighted by Gasteiger charge is 2.34. The molecule has 1 aliphatic rings. The summed E-state index contributed by atoms with van der Waals surface area (Å²) in [5, 5.41) is 3.51. The Bertz CT molecular complexity index is 182. The third kappa shape index (κ3) is 5.82. The molecule has 1 N–H and O–H groups in total. The predicted octanol–water partition coefficient (Wildman–Crippen LogP) is 1.45. The summed E-state index contributed by atoms with van der Waals surface area (Å²) >= 11 is 0. The quantitative estimate of drug-likeness (QED) is 0.591. The van der Waals surface area contributed by atoms with E-state index in [9.17, 15) is 0 Å². The fourth-order valence-electron chi connectivity index (χ4n) is 2.14. The first-order chi connectivity index (χ1) is 8.33. The number of nitrogens with one attached hydrogen (secondary N) is 1. The van der Waals surface area contributed by atoms with Crippen molar-refractivity contribution >= 4 is 0 Å². The highest BCUT2D eigenvalue weighted by atomic mass is 16.5. The first kappa shape index (κ1) is 14.9. The van der Waals surface area contributed by atoms with Gasteiger partial charge in [0.25, 0.3) is 0 Å². The van der Waals surface area contributed by atoms with Crippen molar-refractivity contribution in [2.24, 2.45) is 5.41 Å². The highest BCUT2D eigenvalue weighted by molar-refractivity contribution is 4.85. The monoisotopic (exact) mass is 245 g/mol. The summed E-state index contributed by atoms with van der Waals surface area (Å²) in [6, 6.07) is 0. The van der Waals surface area contributed by atoms with Crippen LogP contribution in [0.5, 0.6) is 0 Å². The van der Waals surface area contributed by atoms with Crippen molar-refractivity contribution in [2.45, 2.75) is 26.2 Å². The molecule has 0 spiro atoms. The van der Waals surface area contributed by atoms with Crippen molar-refractivity contribution in [1.29, 1.82) is 0 Å². The van der Waals surface area contributed by atoms with Crippen molar-refractivity contribution in [3.63, 3.8) is 0 Å². The molecule has 1 saturated heterocycles. The topological polar surface area (TPSA) is 39.7 Å². The second-order valence-corrected chi connectivity index (χ2v) is 4.83. The van der Waals surface area contributed by atoms with E-state index in [-0.39, 0.29) is 0 Å². The van der Waals surface area contributed by atoms with Crippen LogP contribution in [-0.2, 0) is 14.2 Å². The first-order valence-corrected chi connectivity index (χ1v) is 6.68. The Kier molecular flexibility index (Phi) is 7.77. The summed E-state index contributed by atoms with van der Waals surface area (Å²) in [5.41, 5.74) is 0.294. The van der Waals surface area contributed by atoms with Gasteiger partial charge in [-0.25, -0.2) is 0 Å². The van der Waals surface area contributed by atoms with E-state index >= 15 is 0 Å². The molecule has 0 aromatic heterocycles. The maximum Gasteiger partial charge on any atom is 0.0700 e. The van der Waals surface area contributed by atoms with Crippen LogP contribution in [0.3, 0.4) is 0 Å². The summed E-state index contributed by atoms with van der Waals surface area (Å²) in [4.78, 5) is 0. The Hall–Kier alpha value is -0.160. The largest absolute Gasteiger partial charge is 0.382 e. The summed E-state index contributed by atoms with van der Waals surface area (Å²) in [6.07, 6.45) is 3.41. The van der Waals surface area contributed by atoms with Crippen LogP contribution >= 0.6 is 0 Å². The van der Waals surface area contributed by atoms with Gasteiger partial charge >= 0.3 is 0 Å². The van der Waals surface area contributed by atoms with Crippen molar-refractivity contribution in [3.8, 4) is 0 Å². The van der Waals surface area contributed by atoms with Gasteiger partial charge in [-0.05, 0) is 25.8 Å². The minimum absolute atomic E-state index is 0.294. The summed E-state index contributed by atoms with van der Waals surface area (Å²) in [5.74, 6) is 0. The van der Waals surface area contributed by atoms with Crippen LogP contribution in [0.15, 0.2) is 0 Å². The van der Waals surface area contributed by atoms with Gasteiger partial charge in [0.1, 0.15) is 0 Å². The lowest BCUT2D eigenvalue weighted by atomic mass is 9.84. The number of rotatable bonds is 10. The Labute approximate surface area is 105 Å². The number of hydrogen-bond acceptors (Lipinski definition) is 4. The van der Waals surface area contributed by atoms with Crippen LogP contribution < -0.4 is 5.32 Å². The zero-order chi connectivity index (χ0) is 12.4. The molecule has 0 aromatic carbocycles. The van der Waals surface area contributed by atoms with Crippen LogP contribution in [0.1, 0.15) is 26.2 Å². The standard InChI is InChI=1S/C13H27NO3/c1-3-6-14-11-13(5-8-17-12-13)4-7-16-10-9-15-2/h14H,3-12H2,1-2H3. The minimum atomic E-state index is 0.294. The second-order valence-electron chi connectivity index (χ2n) is 4.83. The average Bonchev–Trinajstić information content (AvgIpc) is 2.79.